The van der Waals surface area contributed by atoms with Crippen molar-refractivity contribution < 1.29 is 9.53 Å². The summed E-state index contributed by atoms with van der Waals surface area (Å²) < 4.78 is 5.58. The number of anilines is 2. The van der Waals surface area contributed by atoms with Gasteiger partial charge < -0.3 is 15.0 Å². The molecule has 1 amide bonds. The molecule has 1 N–H and O–H groups in total. The third kappa shape index (κ3) is 4.93. The molecule has 0 spiro atoms. The molecule has 1 unspecified atom stereocenters. The Balaban J connectivity index is 1.42. The third-order valence-corrected chi connectivity index (χ3v) is 5.16. The summed E-state index contributed by atoms with van der Waals surface area (Å²) in [6, 6.07) is 23.7. The molecule has 1 aliphatic rings. The molecule has 2 aromatic carbocycles. The van der Waals surface area contributed by atoms with Gasteiger partial charge in [-0.05, 0) is 48.6 Å². The second-order valence-electron chi connectivity index (χ2n) is 7.21. The summed E-state index contributed by atoms with van der Waals surface area (Å²) in [5, 5.41) is 3.29. The van der Waals surface area contributed by atoms with E-state index in [2.05, 4.69) is 10.3 Å². The molecule has 1 fully saturated rings. The van der Waals surface area contributed by atoms with E-state index in [1.54, 1.807) is 0 Å². The van der Waals surface area contributed by atoms with E-state index < -0.39 is 0 Å². The number of pyridine rings is 1. The van der Waals surface area contributed by atoms with Gasteiger partial charge in [-0.25, -0.2) is 9.78 Å². The summed E-state index contributed by atoms with van der Waals surface area (Å²) in [5.74, 6) is 0.786. The Kier molecular flexibility index (Phi) is 6.05. The Morgan fingerprint density at radius 2 is 1.76 bits per heavy atom. The first-order valence-corrected chi connectivity index (χ1v) is 10.0. The smallest absolute Gasteiger partial charge is 0.410 e. The van der Waals surface area contributed by atoms with Gasteiger partial charge in [0.15, 0.2) is 0 Å². The normalized spacial score (nSPS) is 16.3. The van der Waals surface area contributed by atoms with Crippen LogP contribution in [0.1, 0.15) is 36.4 Å². The molecule has 1 atom stereocenters. The molecular formula is C24H25N3O2. The van der Waals surface area contributed by atoms with Crippen molar-refractivity contribution >= 4 is 17.6 Å². The van der Waals surface area contributed by atoms with Gasteiger partial charge in [-0.2, -0.15) is 0 Å². The fourth-order valence-corrected chi connectivity index (χ4v) is 3.64. The molecule has 5 heteroatoms. The average Bonchev–Trinajstić information content (AvgIpc) is 2.79. The minimum Gasteiger partial charge on any atom is -0.445 e. The topological polar surface area (TPSA) is 54.5 Å². The summed E-state index contributed by atoms with van der Waals surface area (Å²) >= 11 is 0. The van der Waals surface area contributed by atoms with Crippen LogP contribution in [-0.4, -0.2) is 22.5 Å². The number of benzene rings is 2. The molecule has 2 heterocycles. The van der Waals surface area contributed by atoms with Crippen LogP contribution in [0.15, 0.2) is 79.0 Å². The number of aromatic nitrogens is 1. The standard InChI is InChI=1S/C24H25N3O2/c28-24(29-18-19-9-3-1-4-10-19)27-16-8-7-13-22(27)20-14-15-23(25-17-20)26-21-11-5-2-6-12-21/h1-6,9-12,14-15,17,22H,7-8,13,16,18H2,(H,25,26). The highest BCUT2D eigenvalue weighted by atomic mass is 16.6. The first kappa shape index (κ1) is 19.0. The minimum atomic E-state index is -0.259. The number of carbonyl (C=O) groups excluding carboxylic acids is 1. The van der Waals surface area contributed by atoms with Crippen molar-refractivity contribution in [1.29, 1.82) is 0 Å². The quantitative estimate of drug-likeness (QED) is 0.611. The van der Waals surface area contributed by atoms with E-state index >= 15 is 0 Å². The van der Waals surface area contributed by atoms with E-state index in [0.717, 1.165) is 41.9 Å². The highest BCUT2D eigenvalue weighted by Crippen LogP contribution is 2.31. The van der Waals surface area contributed by atoms with E-state index in [1.807, 2.05) is 83.9 Å². The van der Waals surface area contributed by atoms with E-state index in [0.29, 0.717) is 13.2 Å². The van der Waals surface area contributed by atoms with Gasteiger partial charge >= 0.3 is 6.09 Å². The number of carbonyl (C=O) groups is 1. The predicted octanol–water partition coefficient (Wildman–Crippen LogP) is 5.69. The van der Waals surface area contributed by atoms with E-state index in [-0.39, 0.29) is 12.1 Å². The largest absolute Gasteiger partial charge is 0.445 e. The maximum absolute atomic E-state index is 12.7. The van der Waals surface area contributed by atoms with Gasteiger partial charge in [0.1, 0.15) is 12.4 Å². The number of ether oxygens (including phenoxy) is 1. The van der Waals surface area contributed by atoms with Crippen molar-refractivity contribution in [2.75, 3.05) is 11.9 Å². The summed E-state index contributed by atoms with van der Waals surface area (Å²) in [4.78, 5) is 19.1. The summed E-state index contributed by atoms with van der Waals surface area (Å²) in [6.45, 7) is 1.00. The SMILES string of the molecule is O=C(OCc1ccccc1)N1CCCCC1c1ccc(Nc2ccccc2)nc1. The van der Waals surface area contributed by atoms with Gasteiger partial charge in [-0.3, -0.25) is 0 Å². The molecule has 0 radical (unpaired) electrons. The molecule has 148 valence electrons. The molecule has 1 aliphatic heterocycles. The lowest BCUT2D eigenvalue weighted by Crippen LogP contribution is -2.38. The Labute approximate surface area is 171 Å². The van der Waals surface area contributed by atoms with Gasteiger partial charge in [0.2, 0.25) is 0 Å². The molecule has 4 rings (SSSR count). The number of nitrogens with zero attached hydrogens (tertiary/aromatic N) is 2. The second-order valence-corrected chi connectivity index (χ2v) is 7.21. The van der Waals surface area contributed by atoms with Gasteiger partial charge in [0.25, 0.3) is 0 Å². The van der Waals surface area contributed by atoms with Crippen LogP contribution in [0.25, 0.3) is 0 Å². The number of para-hydroxylation sites is 1. The summed E-state index contributed by atoms with van der Waals surface area (Å²) in [7, 11) is 0. The molecule has 0 saturated carbocycles. The first-order valence-electron chi connectivity index (χ1n) is 10.0. The number of nitrogens with one attached hydrogen (secondary N) is 1. The second kappa shape index (κ2) is 9.24. The molecule has 0 aliphatic carbocycles. The maximum Gasteiger partial charge on any atom is 0.410 e. The Bertz CT molecular complexity index is 914. The third-order valence-electron chi connectivity index (χ3n) is 5.16. The number of amides is 1. The lowest BCUT2D eigenvalue weighted by atomic mass is 9.97. The van der Waals surface area contributed by atoms with Gasteiger partial charge in [-0.1, -0.05) is 54.6 Å². The fraction of sp³-hybridized carbons (Fsp3) is 0.250. The van der Waals surface area contributed by atoms with E-state index in [1.165, 1.54) is 0 Å². The summed E-state index contributed by atoms with van der Waals surface area (Å²) in [5.41, 5.74) is 3.03. The molecule has 1 aromatic heterocycles. The zero-order valence-electron chi connectivity index (χ0n) is 16.3. The molecule has 0 bridgehead atoms. The van der Waals surface area contributed by atoms with Crippen molar-refractivity contribution in [3.63, 3.8) is 0 Å². The fourth-order valence-electron chi connectivity index (χ4n) is 3.64. The molecule has 5 nitrogen and oxygen atoms in total. The number of hydrogen-bond donors (Lipinski definition) is 1. The molecular weight excluding hydrogens is 362 g/mol. The van der Waals surface area contributed by atoms with E-state index in [9.17, 15) is 4.79 Å². The van der Waals surface area contributed by atoms with Gasteiger partial charge in [0, 0.05) is 18.4 Å². The lowest BCUT2D eigenvalue weighted by Gasteiger charge is -2.35. The zero-order valence-corrected chi connectivity index (χ0v) is 16.3. The van der Waals surface area contributed by atoms with Crippen molar-refractivity contribution in [3.05, 3.63) is 90.1 Å². The first-order chi connectivity index (χ1) is 14.3. The monoisotopic (exact) mass is 387 g/mol. The minimum absolute atomic E-state index is 0.00491. The molecule has 29 heavy (non-hydrogen) atoms. The predicted molar refractivity (Wildman–Crippen MR) is 114 cm³/mol. The highest BCUT2D eigenvalue weighted by Gasteiger charge is 2.29. The van der Waals surface area contributed by atoms with Crippen LogP contribution in [0.5, 0.6) is 0 Å². The zero-order chi connectivity index (χ0) is 19.9. The van der Waals surface area contributed by atoms with Crippen molar-refractivity contribution in [2.24, 2.45) is 0 Å². The van der Waals surface area contributed by atoms with Crippen molar-refractivity contribution in [3.8, 4) is 0 Å². The number of rotatable bonds is 5. The average molecular weight is 387 g/mol. The molecule has 1 saturated heterocycles. The van der Waals surface area contributed by atoms with Crippen LogP contribution in [0, 0.1) is 0 Å². The van der Waals surface area contributed by atoms with E-state index in [4.69, 9.17) is 4.74 Å². The molecule has 3 aromatic rings. The highest BCUT2D eigenvalue weighted by molar-refractivity contribution is 5.68. The number of piperidine rings is 1. The lowest BCUT2D eigenvalue weighted by molar-refractivity contribution is 0.0678. The van der Waals surface area contributed by atoms with Crippen molar-refractivity contribution in [2.45, 2.75) is 31.9 Å². The van der Waals surface area contributed by atoms with Crippen LogP contribution in [0.3, 0.4) is 0 Å². The number of likely N-dealkylation sites (tertiary alicyclic amines) is 1. The Hall–Kier alpha value is -3.34. The van der Waals surface area contributed by atoms with Crippen LogP contribution in [0.2, 0.25) is 0 Å². The van der Waals surface area contributed by atoms with Crippen LogP contribution >= 0.6 is 0 Å². The van der Waals surface area contributed by atoms with Crippen LogP contribution in [-0.2, 0) is 11.3 Å². The van der Waals surface area contributed by atoms with Gasteiger partial charge in [0.05, 0.1) is 6.04 Å². The number of hydrogen-bond acceptors (Lipinski definition) is 4. The van der Waals surface area contributed by atoms with Crippen LogP contribution < -0.4 is 5.32 Å². The summed E-state index contributed by atoms with van der Waals surface area (Å²) in [6.07, 6.45) is 4.62. The van der Waals surface area contributed by atoms with Crippen molar-refractivity contribution in [1.82, 2.24) is 9.88 Å². The van der Waals surface area contributed by atoms with Crippen LogP contribution in [0.4, 0.5) is 16.3 Å². The van der Waals surface area contributed by atoms with Gasteiger partial charge in [-0.15, -0.1) is 0 Å². The maximum atomic E-state index is 12.7. The Morgan fingerprint density at radius 1 is 1.00 bits per heavy atom. The Morgan fingerprint density at radius 3 is 2.48 bits per heavy atom.